The topological polar surface area (TPSA) is 93.5 Å². The summed E-state index contributed by atoms with van der Waals surface area (Å²) in [5.74, 6) is -0.200. The summed E-state index contributed by atoms with van der Waals surface area (Å²) in [7, 11) is 0. The number of hydrogen-bond acceptors (Lipinski definition) is 4. The minimum absolute atomic E-state index is 0.00730. The third kappa shape index (κ3) is 4.29. The van der Waals surface area contributed by atoms with Gasteiger partial charge in [0, 0.05) is 25.2 Å². The van der Waals surface area contributed by atoms with Crippen molar-refractivity contribution in [3.05, 3.63) is 35.4 Å². The van der Waals surface area contributed by atoms with Crippen LogP contribution in [-0.2, 0) is 16.1 Å². The van der Waals surface area contributed by atoms with Gasteiger partial charge in [-0.25, -0.2) is 0 Å². The highest BCUT2D eigenvalue weighted by Crippen LogP contribution is 2.19. The maximum atomic E-state index is 12.0. The zero-order valence-electron chi connectivity index (χ0n) is 12.8. The number of nitrogens with two attached hydrogens (primary N) is 1. The Kier molecular flexibility index (Phi) is 5.91. The molecule has 6 heteroatoms. The summed E-state index contributed by atoms with van der Waals surface area (Å²) in [6.45, 7) is 3.34. The van der Waals surface area contributed by atoms with Crippen LogP contribution in [0.4, 0.5) is 0 Å². The van der Waals surface area contributed by atoms with Crippen LogP contribution in [0.25, 0.3) is 0 Å². The maximum Gasteiger partial charge on any atom is 0.251 e. The molecule has 0 aromatic heterocycles. The molecule has 1 aliphatic rings. The first-order valence-corrected chi connectivity index (χ1v) is 7.64. The Morgan fingerprint density at radius 1 is 1.23 bits per heavy atom. The molecular formula is C16H23N3O3. The maximum absolute atomic E-state index is 12.0. The number of amides is 2. The fraction of sp³-hybridized carbons (Fsp3) is 0.500. The van der Waals surface area contributed by atoms with Gasteiger partial charge in [-0.05, 0) is 37.5 Å². The van der Waals surface area contributed by atoms with Crippen molar-refractivity contribution in [2.75, 3.05) is 13.1 Å². The van der Waals surface area contributed by atoms with Crippen LogP contribution in [0.15, 0.2) is 24.3 Å². The van der Waals surface area contributed by atoms with Crippen LogP contribution in [0.2, 0.25) is 0 Å². The lowest BCUT2D eigenvalue weighted by Gasteiger charge is -2.13. The van der Waals surface area contributed by atoms with E-state index in [2.05, 4.69) is 10.6 Å². The van der Waals surface area contributed by atoms with Crippen LogP contribution in [0.3, 0.4) is 0 Å². The van der Waals surface area contributed by atoms with Crippen molar-refractivity contribution in [3.63, 3.8) is 0 Å². The highest BCUT2D eigenvalue weighted by atomic mass is 16.5. The second-order valence-corrected chi connectivity index (χ2v) is 5.33. The molecule has 1 aromatic carbocycles. The second-order valence-electron chi connectivity index (χ2n) is 5.33. The fourth-order valence-corrected chi connectivity index (χ4v) is 2.41. The summed E-state index contributed by atoms with van der Waals surface area (Å²) in [6, 6.07) is 7.18. The zero-order valence-corrected chi connectivity index (χ0v) is 12.8. The molecule has 1 aromatic rings. The number of carbonyl (C=O) groups is 2. The van der Waals surface area contributed by atoms with Crippen LogP contribution in [0, 0.1) is 0 Å². The molecule has 0 unspecified atom stereocenters. The van der Waals surface area contributed by atoms with Crippen molar-refractivity contribution in [2.45, 2.75) is 38.5 Å². The first-order valence-electron chi connectivity index (χ1n) is 7.64. The average molecular weight is 305 g/mol. The van der Waals surface area contributed by atoms with E-state index < -0.39 is 6.10 Å². The number of benzene rings is 1. The fourth-order valence-electron chi connectivity index (χ4n) is 2.41. The Bertz CT molecular complexity index is 516. The number of nitrogens with one attached hydrogen (secondary N) is 2. The first kappa shape index (κ1) is 16.5. The van der Waals surface area contributed by atoms with Crippen molar-refractivity contribution >= 4 is 11.8 Å². The normalized spacial score (nSPS) is 20.6. The highest BCUT2D eigenvalue weighted by Gasteiger charge is 2.29. The van der Waals surface area contributed by atoms with Crippen LogP contribution in [0.1, 0.15) is 35.7 Å². The molecule has 22 heavy (non-hydrogen) atoms. The molecule has 1 heterocycles. The smallest absolute Gasteiger partial charge is 0.251 e. The Balaban J connectivity index is 1.82. The number of ether oxygens (including phenoxy) is 1. The van der Waals surface area contributed by atoms with Gasteiger partial charge in [0.15, 0.2) is 0 Å². The van der Waals surface area contributed by atoms with E-state index in [4.69, 9.17) is 10.5 Å². The monoisotopic (exact) mass is 305 g/mol. The predicted molar refractivity (Wildman–Crippen MR) is 83.2 cm³/mol. The second kappa shape index (κ2) is 7.91. The molecule has 2 rings (SSSR count). The van der Waals surface area contributed by atoms with Gasteiger partial charge in [0.05, 0.1) is 6.10 Å². The molecule has 1 saturated heterocycles. The lowest BCUT2D eigenvalue weighted by atomic mass is 10.1. The number of hydrogen-bond donors (Lipinski definition) is 3. The standard InChI is InChI=1S/C16H23N3O3/c1-2-18-15(20)12-5-3-11(4-6-12)10-19-16(21)14-8-7-13(9-17)22-14/h3-6,13-14H,2,7-10,17H2,1H3,(H,18,20)(H,19,21)/t13-,14+/m1/s1. The largest absolute Gasteiger partial charge is 0.364 e. The van der Waals surface area contributed by atoms with E-state index in [1.807, 2.05) is 19.1 Å². The van der Waals surface area contributed by atoms with Gasteiger partial charge in [-0.1, -0.05) is 12.1 Å². The molecule has 0 bridgehead atoms. The first-order chi connectivity index (χ1) is 10.6. The summed E-state index contributed by atoms with van der Waals surface area (Å²) < 4.78 is 5.55. The van der Waals surface area contributed by atoms with Gasteiger partial charge in [-0.15, -0.1) is 0 Å². The van der Waals surface area contributed by atoms with E-state index in [1.54, 1.807) is 12.1 Å². The molecule has 1 fully saturated rings. The third-order valence-corrected chi connectivity index (χ3v) is 3.68. The van der Waals surface area contributed by atoms with Crippen molar-refractivity contribution in [3.8, 4) is 0 Å². The lowest BCUT2D eigenvalue weighted by molar-refractivity contribution is -0.132. The molecule has 0 saturated carbocycles. The molecule has 2 amide bonds. The van der Waals surface area contributed by atoms with Crippen LogP contribution >= 0.6 is 0 Å². The van der Waals surface area contributed by atoms with E-state index in [9.17, 15) is 9.59 Å². The Morgan fingerprint density at radius 2 is 1.95 bits per heavy atom. The van der Waals surface area contributed by atoms with E-state index in [-0.39, 0.29) is 17.9 Å². The van der Waals surface area contributed by atoms with Crippen molar-refractivity contribution in [1.82, 2.24) is 10.6 Å². The minimum Gasteiger partial charge on any atom is -0.364 e. The van der Waals surface area contributed by atoms with E-state index in [0.717, 1.165) is 12.0 Å². The van der Waals surface area contributed by atoms with Crippen molar-refractivity contribution in [2.24, 2.45) is 5.73 Å². The zero-order chi connectivity index (χ0) is 15.9. The van der Waals surface area contributed by atoms with Crippen LogP contribution in [-0.4, -0.2) is 37.1 Å². The molecule has 120 valence electrons. The number of carbonyl (C=O) groups excluding carboxylic acids is 2. The number of rotatable bonds is 6. The molecular weight excluding hydrogens is 282 g/mol. The minimum atomic E-state index is -0.400. The van der Waals surface area contributed by atoms with E-state index in [0.29, 0.717) is 31.6 Å². The van der Waals surface area contributed by atoms with Gasteiger partial charge in [0.1, 0.15) is 6.10 Å². The van der Waals surface area contributed by atoms with Crippen LogP contribution < -0.4 is 16.4 Å². The van der Waals surface area contributed by atoms with Gasteiger partial charge in [0.2, 0.25) is 5.91 Å². The predicted octanol–water partition coefficient (Wildman–Crippen LogP) is 0.559. The van der Waals surface area contributed by atoms with Gasteiger partial charge < -0.3 is 21.1 Å². The molecule has 1 aliphatic heterocycles. The molecule has 0 radical (unpaired) electrons. The van der Waals surface area contributed by atoms with Crippen molar-refractivity contribution < 1.29 is 14.3 Å². The summed E-state index contributed by atoms with van der Waals surface area (Å²) in [4.78, 5) is 23.6. The quantitative estimate of drug-likeness (QED) is 0.716. The van der Waals surface area contributed by atoms with Gasteiger partial charge in [0.25, 0.3) is 5.91 Å². The molecule has 0 aliphatic carbocycles. The summed E-state index contributed by atoms with van der Waals surface area (Å²) >= 11 is 0. The Labute approximate surface area is 130 Å². The molecule has 2 atom stereocenters. The summed E-state index contributed by atoms with van der Waals surface area (Å²) in [5, 5.41) is 5.60. The highest BCUT2D eigenvalue weighted by molar-refractivity contribution is 5.94. The van der Waals surface area contributed by atoms with E-state index in [1.165, 1.54) is 0 Å². The average Bonchev–Trinajstić information content (AvgIpc) is 3.02. The SMILES string of the molecule is CCNC(=O)c1ccc(CNC(=O)[C@@H]2CC[C@H](CN)O2)cc1. The Hall–Kier alpha value is -1.92. The van der Waals surface area contributed by atoms with Crippen molar-refractivity contribution in [1.29, 1.82) is 0 Å². The van der Waals surface area contributed by atoms with Gasteiger partial charge in [-0.3, -0.25) is 9.59 Å². The lowest BCUT2D eigenvalue weighted by Crippen LogP contribution is -2.35. The van der Waals surface area contributed by atoms with Gasteiger partial charge >= 0.3 is 0 Å². The molecule has 6 nitrogen and oxygen atoms in total. The third-order valence-electron chi connectivity index (χ3n) is 3.68. The van der Waals surface area contributed by atoms with Gasteiger partial charge in [-0.2, -0.15) is 0 Å². The summed E-state index contributed by atoms with van der Waals surface area (Å²) in [6.07, 6.45) is 1.13. The Morgan fingerprint density at radius 3 is 2.55 bits per heavy atom. The van der Waals surface area contributed by atoms with E-state index >= 15 is 0 Å². The summed E-state index contributed by atoms with van der Waals surface area (Å²) in [5.41, 5.74) is 7.08. The van der Waals surface area contributed by atoms with Crippen LogP contribution in [0.5, 0.6) is 0 Å². The molecule has 0 spiro atoms. The molecule has 4 N–H and O–H groups in total.